The third-order valence-electron chi connectivity index (χ3n) is 4.27. The highest BCUT2D eigenvalue weighted by Gasteiger charge is 2.19. The number of benzene rings is 2. The first-order valence-electron chi connectivity index (χ1n) is 8.61. The summed E-state index contributed by atoms with van der Waals surface area (Å²) in [5.74, 6) is 0.206. The van der Waals surface area contributed by atoms with E-state index in [4.69, 9.17) is 0 Å². The average Bonchev–Trinajstić information content (AvgIpc) is 2.60. The van der Waals surface area contributed by atoms with Crippen molar-refractivity contribution < 1.29 is 9.90 Å². The van der Waals surface area contributed by atoms with E-state index in [1.165, 1.54) is 11.1 Å². The number of aliphatic hydroxyl groups excluding tert-OH is 1. The van der Waals surface area contributed by atoms with Gasteiger partial charge in [0.25, 0.3) is 0 Å². The van der Waals surface area contributed by atoms with E-state index in [0.717, 1.165) is 19.5 Å². The summed E-state index contributed by atoms with van der Waals surface area (Å²) in [7, 11) is 0. The molecule has 2 rings (SSSR count). The fourth-order valence-electron chi connectivity index (χ4n) is 2.98. The van der Waals surface area contributed by atoms with Gasteiger partial charge in [-0.3, -0.25) is 4.90 Å². The van der Waals surface area contributed by atoms with Gasteiger partial charge < -0.3 is 9.90 Å². The second-order valence-electron chi connectivity index (χ2n) is 6.28. The lowest BCUT2D eigenvalue weighted by Crippen LogP contribution is -2.35. The first-order valence-corrected chi connectivity index (χ1v) is 8.61. The zero-order chi connectivity index (χ0) is 17.2. The van der Waals surface area contributed by atoms with Crippen molar-refractivity contribution in [3.05, 3.63) is 71.8 Å². The number of carbonyl (C=O) groups excluding carboxylic acids is 1. The Balaban J connectivity index is 2.16. The standard InChI is InChI=1S/C21H27NO2/c1-18(24)12-13-21(14-15-23)22(16-19-8-4-2-5-9-19)17-20-10-6-3-7-11-20/h2-11,21,23H,12-17H2,1H3/t21-/m0/s1. The van der Waals surface area contributed by atoms with Gasteiger partial charge >= 0.3 is 0 Å². The SMILES string of the molecule is CC(=O)CC[C@@H](CCO)N(Cc1ccccc1)Cc1ccccc1. The van der Waals surface area contributed by atoms with Crippen LogP contribution in [-0.4, -0.2) is 28.4 Å². The minimum atomic E-state index is 0.142. The summed E-state index contributed by atoms with van der Waals surface area (Å²) in [4.78, 5) is 13.8. The minimum absolute atomic E-state index is 0.142. The smallest absolute Gasteiger partial charge is 0.129 e. The van der Waals surface area contributed by atoms with E-state index in [0.29, 0.717) is 12.8 Å². The Morgan fingerprint density at radius 1 is 0.917 bits per heavy atom. The molecule has 0 saturated heterocycles. The van der Waals surface area contributed by atoms with Gasteiger partial charge in [0, 0.05) is 32.2 Å². The molecule has 1 N–H and O–H groups in total. The quantitative estimate of drug-likeness (QED) is 0.722. The molecule has 0 aliphatic rings. The van der Waals surface area contributed by atoms with E-state index in [-0.39, 0.29) is 18.4 Å². The summed E-state index contributed by atoms with van der Waals surface area (Å²) in [6, 6.07) is 20.9. The number of nitrogens with zero attached hydrogens (tertiary/aromatic N) is 1. The van der Waals surface area contributed by atoms with E-state index >= 15 is 0 Å². The molecule has 0 unspecified atom stereocenters. The summed E-state index contributed by atoms with van der Waals surface area (Å²) >= 11 is 0. The molecule has 3 nitrogen and oxygen atoms in total. The third kappa shape index (κ3) is 6.26. The normalized spacial score (nSPS) is 12.3. The zero-order valence-electron chi connectivity index (χ0n) is 14.4. The van der Waals surface area contributed by atoms with Crippen molar-refractivity contribution in [2.75, 3.05) is 6.61 Å². The minimum Gasteiger partial charge on any atom is -0.396 e. The van der Waals surface area contributed by atoms with Crippen LogP contribution in [0.3, 0.4) is 0 Å². The molecule has 1 atom stereocenters. The molecule has 3 heteroatoms. The lowest BCUT2D eigenvalue weighted by Gasteiger charge is -2.32. The van der Waals surface area contributed by atoms with Crippen molar-refractivity contribution in [3.8, 4) is 0 Å². The molecule has 0 radical (unpaired) electrons. The fraction of sp³-hybridized carbons (Fsp3) is 0.381. The molecule has 0 heterocycles. The van der Waals surface area contributed by atoms with Gasteiger partial charge in [-0.05, 0) is 30.9 Å². The van der Waals surface area contributed by atoms with Gasteiger partial charge in [0.1, 0.15) is 5.78 Å². The van der Waals surface area contributed by atoms with Gasteiger partial charge in [-0.2, -0.15) is 0 Å². The van der Waals surface area contributed by atoms with Crippen molar-refractivity contribution in [1.82, 2.24) is 4.90 Å². The summed E-state index contributed by atoms with van der Waals surface area (Å²) < 4.78 is 0. The summed E-state index contributed by atoms with van der Waals surface area (Å²) in [6.07, 6.45) is 2.03. The van der Waals surface area contributed by atoms with E-state index in [1.54, 1.807) is 6.92 Å². The van der Waals surface area contributed by atoms with Crippen LogP contribution in [0.25, 0.3) is 0 Å². The Kier molecular flexibility index (Phi) is 7.66. The molecule has 0 bridgehead atoms. The van der Waals surface area contributed by atoms with Crippen molar-refractivity contribution in [2.45, 2.75) is 45.3 Å². The highest BCUT2D eigenvalue weighted by atomic mass is 16.3. The molecule has 2 aromatic carbocycles. The highest BCUT2D eigenvalue weighted by molar-refractivity contribution is 5.75. The molecular weight excluding hydrogens is 298 g/mol. The van der Waals surface area contributed by atoms with Crippen molar-refractivity contribution in [1.29, 1.82) is 0 Å². The Bertz CT molecular complexity index is 556. The molecule has 0 aliphatic carbocycles. The highest BCUT2D eigenvalue weighted by Crippen LogP contribution is 2.19. The number of aliphatic hydroxyl groups is 1. The lowest BCUT2D eigenvalue weighted by molar-refractivity contribution is -0.117. The van der Waals surface area contributed by atoms with Crippen LogP contribution < -0.4 is 0 Å². The second kappa shape index (κ2) is 10.0. The maximum absolute atomic E-state index is 11.4. The van der Waals surface area contributed by atoms with Gasteiger partial charge in [-0.1, -0.05) is 60.7 Å². The number of Topliss-reactive ketones (excluding diaryl/α,β-unsaturated/α-hetero) is 1. The van der Waals surface area contributed by atoms with Crippen molar-refractivity contribution >= 4 is 5.78 Å². The molecule has 0 aromatic heterocycles. The Labute approximate surface area is 144 Å². The summed E-state index contributed by atoms with van der Waals surface area (Å²) in [6.45, 7) is 3.41. The van der Waals surface area contributed by atoms with Crippen LogP contribution in [0.1, 0.15) is 37.3 Å². The first kappa shape index (κ1) is 18.4. The first-order chi connectivity index (χ1) is 11.7. The molecule has 0 aliphatic heterocycles. The number of carbonyl (C=O) groups is 1. The molecular formula is C21H27NO2. The van der Waals surface area contributed by atoms with Gasteiger partial charge in [-0.15, -0.1) is 0 Å². The second-order valence-corrected chi connectivity index (χ2v) is 6.28. The molecule has 0 fully saturated rings. The van der Waals surface area contributed by atoms with E-state index in [2.05, 4.69) is 29.2 Å². The molecule has 24 heavy (non-hydrogen) atoms. The van der Waals surface area contributed by atoms with Crippen LogP contribution in [0.15, 0.2) is 60.7 Å². The van der Waals surface area contributed by atoms with Gasteiger partial charge in [0.05, 0.1) is 0 Å². The number of hydrogen-bond donors (Lipinski definition) is 1. The number of hydrogen-bond acceptors (Lipinski definition) is 3. The maximum atomic E-state index is 11.4. The predicted octanol–water partition coefficient (Wildman–Crippen LogP) is 3.81. The predicted molar refractivity (Wildman–Crippen MR) is 97.5 cm³/mol. The monoisotopic (exact) mass is 325 g/mol. The molecule has 0 saturated carbocycles. The Morgan fingerprint density at radius 3 is 1.83 bits per heavy atom. The lowest BCUT2D eigenvalue weighted by atomic mass is 10.0. The fourth-order valence-corrected chi connectivity index (χ4v) is 2.98. The summed E-state index contributed by atoms with van der Waals surface area (Å²) in [5.41, 5.74) is 2.50. The van der Waals surface area contributed by atoms with Crippen molar-refractivity contribution in [2.24, 2.45) is 0 Å². The Hall–Kier alpha value is -1.97. The molecule has 0 spiro atoms. The summed E-state index contributed by atoms with van der Waals surface area (Å²) in [5, 5.41) is 9.47. The maximum Gasteiger partial charge on any atom is 0.129 e. The number of rotatable bonds is 10. The van der Waals surface area contributed by atoms with Crippen molar-refractivity contribution in [3.63, 3.8) is 0 Å². The largest absolute Gasteiger partial charge is 0.396 e. The van der Waals surface area contributed by atoms with E-state index in [9.17, 15) is 9.90 Å². The van der Waals surface area contributed by atoms with Crippen LogP contribution in [0.4, 0.5) is 0 Å². The molecule has 0 amide bonds. The van der Waals surface area contributed by atoms with Gasteiger partial charge in [0.15, 0.2) is 0 Å². The zero-order valence-corrected chi connectivity index (χ0v) is 14.4. The van der Waals surface area contributed by atoms with Crippen LogP contribution in [0, 0.1) is 0 Å². The van der Waals surface area contributed by atoms with E-state index < -0.39 is 0 Å². The third-order valence-corrected chi connectivity index (χ3v) is 4.27. The van der Waals surface area contributed by atoms with E-state index in [1.807, 2.05) is 36.4 Å². The van der Waals surface area contributed by atoms with Gasteiger partial charge in [-0.25, -0.2) is 0 Å². The van der Waals surface area contributed by atoms with Crippen LogP contribution in [-0.2, 0) is 17.9 Å². The van der Waals surface area contributed by atoms with Crippen LogP contribution in [0.2, 0.25) is 0 Å². The number of ketones is 1. The Morgan fingerprint density at radius 2 is 1.42 bits per heavy atom. The topological polar surface area (TPSA) is 40.5 Å². The molecule has 128 valence electrons. The van der Waals surface area contributed by atoms with Crippen LogP contribution in [0.5, 0.6) is 0 Å². The average molecular weight is 325 g/mol. The van der Waals surface area contributed by atoms with Gasteiger partial charge in [0.2, 0.25) is 0 Å². The molecule has 2 aromatic rings. The van der Waals surface area contributed by atoms with Crippen LogP contribution >= 0.6 is 0 Å².